The predicted octanol–water partition coefficient (Wildman–Crippen LogP) is -1.40. The first kappa shape index (κ1) is 12.6. The third kappa shape index (κ3) is 5.01. The highest BCUT2D eigenvalue weighted by Gasteiger charge is 2.07. The molecule has 0 unspecified atom stereocenters. The molecule has 0 amide bonds. The molecule has 1 heterocycles. The van der Waals surface area contributed by atoms with E-state index in [0.717, 1.165) is 16.7 Å². The molecule has 0 aromatic carbocycles. The van der Waals surface area contributed by atoms with Crippen molar-refractivity contribution in [3.05, 3.63) is 29.6 Å². The standard InChI is InChI=1S/C10H17N2.BrH/c1-9-5-6-10(7-11-9)8-12(2,3)4;/h5-7H,8H2,1-4H3;1H/q+1;/p-1. The van der Waals surface area contributed by atoms with Crippen LogP contribution in [0, 0.1) is 6.92 Å². The quantitative estimate of drug-likeness (QED) is 0.584. The molecule has 0 fully saturated rings. The number of hydrogen-bond donors (Lipinski definition) is 0. The van der Waals surface area contributed by atoms with Gasteiger partial charge in [0.25, 0.3) is 0 Å². The Balaban J connectivity index is 0.00000144. The van der Waals surface area contributed by atoms with Crippen LogP contribution in [0.3, 0.4) is 0 Å². The van der Waals surface area contributed by atoms with Gasteiger partial charge in [0.1, 0.15) is 6.54 Å². The number of aryl methyl sites for hydroxylation is 1. The van der Waals surface area contributed by atoms with Gasteiger partial charge in [-0.05, 0) is 13.0 Å². The van der Waals surface area contributed by atoms with Crippen molar-refractivity contribution in [3.63, 3.8) is 0 Å². The van der Waals surface area contributed by atoms with E-state index < -0.39 is 0 Å². The molecule has 13 heavy (non-hydrogen) atoms. The first-order valence-electron chi connectivity index (χ1n) is 4.19. The maximum absolute atomic E-state index is 4.25. The normalized spacial score (nSPS) is 10.8. The smallest absolute Gasteiger partial charge is 0.105 e. The predicted molar refractivity (Wildman–Crippen MR) is 50.7 cm³/mol. The van der Waals surface area contributed by atoms with Crippen LogP contribution in [-0.4, -0.2) is 30.6 Å². The molecule has 0 aliphatic carbocycles. The zero-order valence-electron chi connectivity index (χ0n) is 8.71. The maximum Gasteiger partial charge on any atom is 0.105 e. The summed E-state index contributed by atoms with van der Waals surface area (Å²) in [6, 6.07) is 4.21. The van der Waals surface area contributed by atoms with Crippen LogP contribution in [-0.2, 0) is 6.54 Å². The Morgan fingerprint density at radius 3 is 2.23 bits per heavy atom. The van der Waals surface area contributed by atoms with Crippen LogP contribution in [0.4, 0.5) is 0 Å². The molecule has 0 aliphatic heterocycles. The summed E-state index contributed by atoms with van der Waals surface area (Å²) in [5.74, 6) is 0. The summed E-state index contributed by atoms with van der Waals surface area (Å²) < 4.78 is 0.949. The van der Waals surface area contributed by atoms with Crippen LogP contribution in [0.25, 0.3) is 0 Å². The van der Waals surface area contributed by atoms with Gasteiger partial charge in [-0.1, -0.05) is 6.07 Å². The Morgan fingerprint density at radius 1 is 1.23 bits per heavy atom. The van der Waals surface area contributed by atoms with Crippen LogP contribution >= 0.6 is 0 Å². The SMILES string of the molecule is Cc1ccc(C[N+](C)(C)C)cn1.[Br-]. The number of quaternary nitrogens is 1. The highest BCUT2D eigenvalue weighted by atomic mass is 79.9. The fourth-order valence-electron chi connectivity index (χ4n) is 1.14. The average molecular weight is 245 g/mol. The number of halogens is 1. The fraction of sp³-hybridized carbons (Fsp3) is 0.500. The van der Waals surface area contributed by atoms with Gasteiger partial charge >= 0.3 is 0 Å². The molecule has 74 valence electrons. The lowest BCUT2D eigenvalue weighted by Crippen LogP contribution is -3.00. The van der Waals surface area contributed by atoms with Crippen LogP contribution < -0.4 is 17.0 Å². The van der Waals surface area contributed by atoms with Gasteiger partial charge in [0, 0.05) is 17.5 Å². The lowest BCUT2D eigenvalue weighted by molar-refractivity contribution is -0.884. The summed E-state index contributed by atoms with van der Waals surface area (Å²) >= 11 is 0. The van der Waals surface area contributed by atoms with Gasteiger partial charge in [0.05, 0.1) is 21.1 Å². The van der Waals surface area contributed by atoms with Crippen molar-refractivity contribution < 1.29 is 21.5 Å². The maximum atomic E-state index is 4.25. The van der Waals surface area contributed by atoms with Gasteiger partial charge in [-0.25, -0.2) is 0 Å². The number of rotatable bonds is 2. The lowest BCUT2D eigenvalue weighted by Gasteiger charge is -2.23. The van der Waals surface area contributed by atoms with Crippen LogP contribution in [0.15, 0.2) is 18.3 Å². The van der Waals surface area contributed by atoms with Crippen molar-refractivity contribution in [3.8, 4) is 0 Å². The number of pyridine rings is 1. The van der Waals surface area contributed by atoms with Crippen LogP contribution in [0.5, 0.6) is 0 Å². The summed E-state index contributed by atoms with van der Waals surface area (Å²) in [6.07, 6.45) is 1.96. The highest BCUT2D eigenvalue weighted by Crippen LogP contribution is 2.05. The van der Waals surface area contributed by atoms with Gasteiger partial charge in [-0.15, -0.1) is 0 Å². The van der Waals surface area contributed by atoms with Crippen molar-refractivity contribution in [1.82, 2.24) is 4.98 Å². The van der Waals surface area contributed by atoms with E-state index in [1.807, 2.05) is 13.1 Å². The molecule has 0 radical (unpaired) electrons. The molecule has 3 heteroatoms. The van der Waals surface area contributed by atoms with Gasteiger partial charge in [-0.3, -0.25) is 4.98 Å². The van der Waals surface area contributed by atoms with E-state index in [2.05, 4.69) is 38.3 Å². The number of hydrogen-bond acceptors (Lipinski definition) is 1. The minimum atomic E-state index is 0. The van der Waals surface area contributed by atoms with E-state index in [0.29, 0.717) is 0 Å². The summed E-state index contributed by atoms with van der Waals surface area (Å²) in [5, 5.41) is 0. The second-order valence-electron chi connectivity index (χ2n) is 4.26. The number of aromatic nitrogens is 1. The van der Waals surface area contributed by atoms with Gasteiger partial charge in [0.15, 0.2) is 0 Å². The topological polar surface area (TPSA) is 12.9 Å². The van der Waals surface area contributed by atoms with Crippen molar-refractivity contribution >= 4 is 0 Å². The molecule has 2 nitrogen and oxygen atoms in total. The second-order valence-corrected chi connectivity index (χ2v) is 4.26. The fourth-order valence-corrected chi connectivity index (χ4v) is 1.14. The Bertz CT molecular complexity index is 249. The van der Waals surface area contributed by atoms with E-state index in [4.69, 9.17) is 0 Å². The molecule has 0 saturated carbocycles. The minimum absolute atomic E-state index is 0. The molecule has 1 aromatic heterocycles. The Hall–Kier alpha value is -0.410. The van der Waals surface area contributed by atoms with Gasteiger partial charge in [-0.2, -0.15) is 0 Å². The zero-order valence-corrected chi connectivity index (χ0v) is 10.3. The second kappa shape index (κ2) is 4.72. The van der Waals surface area contributed by atoms with Crippen molar-refractivity contribution in [1.29, 1.82) is 0 Å². The van der Waals surface area contributed by atoms with Gasteiger partial charge < -0.3 is 21.5 Å². The third-order valence-electron chi connectivity index (χ3n) is 1.63. The summed E-state index contributed by atoms with van der Waals surface area (Å²) in [4.78, 5) is 4.25. The molecule has 0 N–H and O–H groups in total. The first-order valence-corrected chi connectivity index (χ1v) is 4.19. The van der Waals surface area contributed by atoms with Crippen molar-refractivity contribution in [2.75, 3.05) is 21.1 Å². The molecule has 1 aromatic rings. The first-order chi connectivity index (χ1) is 5.47. The lowest BCUT2D eigenvalue weighted by atomic mass is 10.2. The summed E-state index contributed by atoms with van der Waals surface area (Å²) in [5.41, 5.74) is 2.38. The molecule has 0 saturated heterocycles. The van der Waals surface area contributed by atoms with E-state index in [-0.39, 0.29) is 17.0 Å². The Morgan fingerprint density at radius 2 is 1.85 bits per heavy atom. The average Bonchev–Trinajstić information content (AvgIpc) is 1.91. The molecule has 1 rings (SSSR count). The van der Waals surface area contributed by atoms with E-state index >= 15 is 0 Å². The van der Waals surface area contributed by atoms with E-state index in [1.54, 1.807) is 0 Å². The number of nitrogens with zero attached hydrogens (tertiary/aromatic N) is 2. The molecule has 0 atom stereocenters. The molecule has 0 bridgehead atoms. The highest BCUT2D eigenvalue weighted by molar-refractivity contribution is 5.11. The van der Waals surface area contributed by atoms with Crippen molar-refractivity contribution in [2.24, 2.45) is 0 Å². The molecule has 0 aliphatic rings. The van der Waals surface area contributed by atoms with E-state index in [1.165, 1.54) is 5.56 Å². The largest absolute Gasteiger partial charge is 1.00 e. The van der Waals surface area contributed by atoms with Crippen LogP contribution in [0.2, 0.25) is 0 Å². The zero-order chi connectivity index (χ0) is 9.19. The Labute approximate surface area is 91.0 Å². The summed E-state index contributed by atoms with van der Waals surface area (Å²) in [7, 11) is 6.54. The third-order valence-corrected chi connectivity index (χ3v) is 1.63. The monoisotopic (exact) mass is 244 g/mol. The minimum Gasteiger partial charge on any atom is -1.00 e. The van der Waals surface area contributed by atoms with Crippen LogP contribution in [0.1, 0.15) is 11.3 Å². The summed E-state index contributed by atoms with van der Waals surface area (Å²) in [6.45, 7) is 3.04. The Kier molecular flexibility index (Phi) is 4.57. The molecular formula is C10H17BrN2. The van der Waals surface area contributed by atoms with Crippen molar-refractivity contribution in [2.45, 2.75) is 13.5 Å². The molecule has 0 spiro atoms. The van der Waals surface area contributed by atoms with Gasteiger partial charge in [0.2, 0.25) is 0 Å². The molecular weight excluding hydrogens is 228 g/mol. The van der Waals surface area contributed by atoms with E-state index in [9.17, 15) is 0 Å².